The van der Waals surface area contributed by atoms with Gasteiger partial charge in [0.15, 0.2) is 0 Å². The van der Waals surface area contributed by atoms with Gasteiger partial charge in [-0.25, -0.2) is 0 Å². The van der Waals surface area contributed by atoms with Gasteiger partial charge in [-0.1, -0.05) is 52.3 Å². The molecule has 1 N–H and O–H groups in total. The van der Waals surface area contributed by atoms with E-state index in [-0.39, 0.29) is 10.7 Å². The van der Waals surface area contributed by atoms with Gasteiger partial charge in [-0.3, -0.25) is 14.5 Å². The summed E-state index contributed by atoms with van der Waals surface area (Å²) in [7, 11) is 0. The summed E-state index contributed by atoms with van der Waals surface area (Å²) in [5.74, 6) is -0.994. The molecular weight excluding hydrogens is 487 g/mol. The van der Waals surface area contributed by atoms with E-state index in [2.05, 4.69) is 33.0 Å². The quantitative estimate of drug-likeness (QED) is 0.612. The maximum atomic E-state index is 13.6. The number of hydrogen-bond acceptors (Lipinski definition) is 3. The molecule has 9 heteroatoms. The minimum atomic E-state index is -4.49. The number of amides is 2. The highest BCUT2D eigenvalue weighted by Gasteiger charge is 2.55. The summed E-state index contributed by atoms with van der Waals surface area (Å²) < 4.78 is 37.4. The topological polar surface area (TPSA) is 52.7 Å². The number of piperidine rings is 1. The van der Waals surface area contributed by atoms with Gasteiger partial charge in [0.05, 0.1) is 5.41 Å². The number of halogens is 4. The number of hydrogen-bond donors (Lipinski definition) is 1. The number of alkyl halides is 4. The van der Waals surface area contributed by atoms with Gasteiger partial charge in [-0.05, 0) is 49.6 Å². The molecule has 1 aromatic rings. The predicted molar refractivity (Wildman–Crippen MR) is 118 cm³/mol. The lowest BCUT2D eigenvalue weighted by atomic mass is 9.70. The third-order valence-corrected chi connectivity index (χ3v) is 7.25. The Morgan fingerprint density at radius 1 is 1.19 bits per heavy atom. The summed E-state index contributed by atoms with van der Waals surface area (Å²) in [5, 5.41) is 1.88. The van der Waals surface area contributed by atoms with E-state index < -0.39 is 30.6 Å². The first-order valence-electron chi connectivity index (χ1n) is 10.7. The van der Waals surface area contributed by atoms with E-state index in [1.165, 1.54) is 10.5 Å². The Balaban J connectivity index is 1.50. The molecule has 1 aliphatic carbocycles. The molecule has 2 aliphatic heterocycles. The van der Waals surface area contributed by atoms with Gasteiger partial charge in [-0.2, -0.15) is 13.2 Å². The lowest BCUT2D eigenvalue weighted by Crippen LogP contribution is -2.48. The molecule has 1 atom stereocenters. The summed E-state index contributed by atoms with van der Waals surface area (Å²) in [6, 6.07) is 10.1. The molecule has 1 spiro atoms. The minimum Gasteiger partial charge on any atom is -0.345 e. The Morgan fingerprint density at radius 2 is 1.88 bits per heavy atom. The van der Waals surface area contributed by atoms with Crippen molar-refractivity contribution in [1.82, 2.24) is 15.1 Å². The van der Waals surface area contributed by atoms with E-state index in [1.807, 2.05) is 35.7 Å². The van der Waals surface area contributed by atoms with Gasteiger partial charge >= 0.3 is 6.18 Å². The lowest BCUT2D eigenvalue weighted by molar-refractivity contribution is -0.144. The molecule has 2 amide bonds. The van der Waals surface area contributed by atoms with Crippen LogP contribution in [0.1, 0.15) is 24.8 Å². The number of nitrogens with zero attached hydrogens (tertiary/aromatic N) is 2. The van der Waals surface area contributed by atoms with Crippen molar-refractivity contribution in [3.63, 3.8) is 0 Å². The molecule has 4 rings (SSSR count). The first kappa shape index (κ1) is 23.0. The van der Waals surface area contributed by atoms with Gasteiger partial charge in [0.1, 0.15) is 13.1 Å². The fraction of sp³-hybridized carbons (Fsp3) is 0.478. The molecule has 1 unspecified atom stereocenters. The second-order valence-corrected chi connectivity index (χ2v) is 9.64. The molecule has 0 saturated carbocycles. The molecule has 3 aliphatic rings. The fourth-order valence-electron chi connectivity index (χ4n) is 4.90. The number of nitrogens with one attached hydrogen (secondary N) is 1. The molecule has 2 heterocycles. The van der Waals surface area contributed by atoms with Crippen LogP contribution >= 0.6 is 15.9 Å². The summed E-state index contributed by atoms with van der Waals surface area (Å²) >= 11 is 3.70. The average molecular weight is 512 g/mol. The second-order valence-electron chi connectivity index (χ2n) is 8.53. The predicted octanol–water partition coefficient (Wildman–Crippen LogP) is 3.77. The van der Waals surface area contributed by atoms with Gasteiger partial charge in [0, 0.05) is 17.1 Å². The van der Waals surface area contributed by atoms with E-state index in [0.29, 0.717) is 18.5 Å². The summed E-state index contributed by atoms with van der Waals surface area (Å²) in [6.45, 7) is 0.450. The highest BCUT2D eigenvalue weighted by atomic mass is 79.9. The van der Waals surface area contributed by atoms with Gasteiger partial charge in [0.2, 0.25) is 11.8 Å². The van der Waals surface area contributed by atoms with Crippen LogP contribution in [0.25, 0.3) is 0 Å². The Labute approximate surface area is 193 Å². The van der Waals surface area contributed by atoms with Crippen molar-refractivity contribution in [3.05, 3.63) is 59.3 Å². The smallest absolute Gasteiger partial charge is 0.345 e. The average Bonchev–Trinajstić information content (AvgIpc) is 2.98. The first-order valence-corrected chi connectivity index (χ1v) is 11.6. The highest BCUT2D eigenvalue weighted by molar-refractivity contribution is 9.09. The molecule has 1 aromatic carbocycles. The van der Waals surface area contributed by atoms with Crippen LogP contribution < -0.4 is 5.32 Å². The normalized spacial score (nSPS) is 23.1. The van der Waals surface area contributed by atoms with Crippen LogP contribution in [0, 0.1) is 5.41 Å². The third-order valence-electron chi connectivity index (χ3n) is 6.42. The first-order chi connectivity index (χ1) is 15.2. The van der Waals surface area contributed by atoms with Gasteiger partial charge < -0.3 is 10.2 Å². The Morgan fingerprint density at radius 3 is 2.53 bits per heavy atom. The number of carbonyl (C=O) groups is 2. The maximum Gasteiger partial charge on any atom is 0.405 e. The molecule has 32 heavy (non-hydrogen) atoms. The van der Waals surface area contributed by atoms with Crippen molar-refractivity contribution < 1.29 is 22.8 Å². The Hall–Kier alpha value is -2.13. The Bertz CT molecular complexity index is 938. The van der Waals surface area contributed by atoms with E-state index >= 15 is 0 Å². The Kier molecular flexibility index (Phi) is 6.49. The van der Waals surface area contributed by atoms with Crippen molar-refractivity contribution in [1.29, 1.82) is 0 Å². The summed E-state index contributed by atoms with van der Waals surface area (Å²) in [6.07, 6.45) is 1.23. The van der Waals surface area contributed by atoms with Crippen LogP contribution in [0.4, 0.5) is 13.2 Å². The molecule has 5 nitrogen and oxygen atoms in total. The monoisotopic (exact) mass is 511 g/mol. The summed E-state index contributed by atoms with van der Waals surface area (Å²) in [5.41, 5.74) is 2.11. The van der Waals surface area contributed by atoms with E-state index in [9.17, 15) is 22.8 Å². The molecule has 1 saturated heterocycles. The third kappa shape index (κ3) is 4.64. The molecule has 172 valence electrons. The van der Waals surface area contributed by atoms with Gasteiger partial charge in [-0.15, -0.1) is 0 Å². The lowest BCUT2D eigenvalue weighted by Gasteiger charge is -2.41. The van der Waals surface area contributed by atoms with E-state index in [1.54, 1.807) is 0 Å². The fourth-order valence-corrected chi connectivity index (χ4v) is 5.79. The van der Waals surface area contributed by atoms with E-state index in [0.717, 1.165) is 31.6 Å². The van der Waals surface area contributed by atoms with Crippen molar-refractivity contribution in [3.8, 4) is 0 Å². The minimum absolute atomic E-state index is 0.0321. The van der Waals surface area contributed by atoms with Crippen LogP contribution in [0.3, 0.4) is 0 Å². The van der Waals surface area contributed by atoms with Crippen LogP contribution in [0.5, 0.6) is 0 Å². The maximum absolute atomic E-state index is 13.6. The van der Waals surface area contributed by atoms with Crippen molar-refractivity contribution >= 4 is 27.7 Å². The summed E-state index contributed by atoms with van der Waals surface area (Å²) in [4.78, 5) is 29.5. The van der Waals surface area contributed by atoms with E-state index in [4.69, 9.17) is 0 Å². The molecule has 0 aromatic heterocycles. The van der Waals surface area contributed by atoms with Crippen molar-refractivity contribution in [2.45, 2.75) is 36.8 Å². The van der Waals surface area contributed by atoms with Crippen molar-refractivity contribution in [2.24, 2.45) is 5.41 Å². The van der Waals surface area contributed by atoms with Crippen LogP contribution in [-0.4, -0.2) is 58.8 Å². The molecule has 0 radical (unpaired) electrons. The number of benzene rings is 1. The standard InChI is InChI=1S/C23H25BrF3N3O2/c24-17-7-4-8-18-20(17)22(21(32)30(18)14-19(31)28-15-23(25,26)27)9-11-29(12-10-22)13-16-5-2-1-3-6-16/h1-6,8,17H,7,9-15H2,(H,28,31). The SMILES string of the molecule is O=C(CN1C(=O)C2(CCN(Cc3ccccc3)CC2)C2=C1C=CCC2Br)NCC(F)(F)F. The van der Waals surface area contributed by atoms with Crippen LogP contribution in [-0.2, 0) is 16.1 Å². The highest BCUT2D eigenvalue weighted by Crippen LogP contribution is 2.52. The molecule has 1 fully saturated rings. The largest absolute Gasteiger partial charge is 0.405 e. The van der Waals surface area contributed by atoms with Crippen LogP contribution in [0.15, 0.2) is 53.8 Å². The zero-order valence-electron chi connectivity index (χ0n) is 17.5. The molecular formula is C23H25BrF3N3O2. The van der Waals surface area contributed by atoms with Crippen molar-refractivity contribution in [2.75, 3.05) is 26.2 Å². The number of rotatable bonds is 5. The number of allylic oxidation sites excluding steroid dienone is 2. The van der Waals surface area contributed by atoms with Crippen LogP contribution in [0.2, 0.25) is 0 Å². The zero-order chi connectivity index (χ0) is 22.9. The number of carbonyl (C=O) groups excluding carboxylic acids is 2. The zero-order valence-corrected chi connectivity index (χ0v) is 19.1. The second kappa shape index (κ2) is 9.02. The number of likely N-dealkylation sites (tertiary alicyclic amines) is 1. The number of fused-ring (bicyclic) bond motifs is 1. The molecule has 0 bridgehead atoms. The van der Waals surface area contributed by atoms with Gasteiger partial charge in [0.25, 0.3) is 0 Å².